The van der Waals surface area contributed by atoms with Gasteiger partial charge in [-0.15, -0.1) is 0 Å². The van der Waals surface area contributed by atoms with Gasteiger partial charge in [0, 0.05) is 0 Å². The van der Waals surface area contributed by atoms with Crippen LogP contribution >= 0.6 is 0 Å². The number of nitrogens with zero attached hydrogens (tertiary/aromatic N) is 1. The first-order chi connectivity index (χ1) is 9.50. The molecular weight excluding hydrogens is 271 g/mol. The number of hydrogen-bond donors (Lipinski definition) is 1. The van der Waals surface area contributed by atoms with E-state index >= 15 is 0 Å². The molecule has 0 unspecified atom stereocenters. The van der Waals surface area contributed by atoms with Gasteiger partial charge in [-0.1, -0.05) is 12.1 Å². The maximum absolute atomic E-state index is 12.6. The minimum Gasteiger partial charge on any atom is -0.438 e. The first kappa shape index (κ1) is 14.6. The zero-order chi connectivity index (χ0) is 14.6. The summed E-state index contributed by atoms with van der Waals surface area (Å²) in [5, 5.41) is 8.90. The van der Waals surface area contributed by atoms with Gasteiger partial charge in [-0.25, -0.2) is 0 Å². The Labute approximate surface area is 114 Å². The summed E-state index contributed by atoms with van der Waals surface area (Å²) >= 11 is 0. The highest BCUT2D eigenvalue weighted by Gasteiger charge is 2.30. The molecule has 0 amide bonds. The van der Waals surface area contributed by atoms with Crippen molar-refractivity contribution in [3.8, 4) is 0 Å². The molecule has 0 aromatic heterocycles. The predicted molar refractivity (Wildman–Crippen MR) is 68.5 cm³/mol. The summed E-state index contributed by atoms with van der Waals surface area (Å²) in [4.78, 5) is 0. The molecule has 20 heavy (non-hydrogen) atoms. The van der Waals surface area contributed by atoms with Crippen molar-refractivity contribution in [3.05, 3.63) is 41.5 Å². The zero-order valence-electron chi connectivity index (χ0n) is 10.7. The van der Waals surface area contributed by atoms with Crippen LogP contribution in [0.1, 0.15) is 11.1 Å². The number of rotatable bonds is 4. The first-order valence-corrected chi connectivity index (χ1v) is 6.21. The smallest absolute Gasteiger partial charge is 0.416 e. The van der Waals surface area contributed by atoms with Gasteiger partial charge in [0.25, 0.3) is 0 Å². The Morgan fingerprint density at radius 2 is 2.10 bits per heavy atom. The van der Waals surface area contributed by atoms with Crippen LogP contribution in [0.4, 0.5) is 13.2 Å². The Morgan fingerprint density at radius 1 is 1.30 bits per heavy atom. The average Bonchev–Trinajstić information content (AvgIpc) is 2.84. The molecule has 0 saturated carbocycles. The minimum atomic E-state index is -4.34. The molecule has 0 spiro atoms. The van der Waals surface area contributed by atoms with E-state index in [1.165, 1.54) is 6.07 Å². The number of halogens is 3. The van der Waals surface area contributed by atoms with Gasteiger partial charge in [0.05, 0.1) is 11.6 Å². The summed E-state index contributed by atoms with van der Waals surface area (Å²) in [7, 11) is 0. The van der Waals surface area contributed by atoms with Crippen LogP contribution in [0.5, 0.6) is 0 Å². The quantitative estimate of drug-likeness (QED) is 0.860. The monoisotopic (exact) mass is 286 g/mol. The lowest BCUT2D eigenvalue weighted by Gasteiger charge is -2.06. The van der Waals surface area contributed by atoms with Crippen LogP contribution in [-0.4, -0.2) is 41.9 Å². The van der Waals surface area contributed by atoms with Gasteiger partial charge >= 0.3 is 12.1 Å². The Balaban J connectivity index is 2.17. The molecule has 3 nitrogen and oxygen atoms in total. The van der Waals surface area contributed by atoms with E-state index in [2.05, 4.69) is 0 Å². The molecule has 0 radical (unpaired) electrons. The van der Waals surface area contributed by atoms with Crippen LogP contribution in [0.3, 0.4) is 0 Å². The predicted octanol–water partition coefficient (Wildman–Crippen LogP) is 2.15. The van der Waals surface area contributed by atoms with Gasteiger partial charge in [-0.3, -0.25) is 0 Å². The Kier molecular flexibility index (Phi) is 4.44. The summed E-state index contributed by atoms with van der Waals surface area (Å²) in [5.41, 5.74) is -0.226. The van der Waals surface area contributed by atoms with Crippen molar-refractivity contribution in [3.63, 3.8) is 0 Å². The zero-order valence-corrected chi connectivity index (χ0v) is 10.7. The lowest BCUT2D eigenvalue weighted by Crippen LogP contribution is -2.18. The lowest BCUT2D eigenvalue weighted by atomic mass is 10.1. The Bertz CT molecular complexity index is 535. The number of hydrogen-bond acceptors (Lipinski definition) is 2. The van der Waals surface area contributed by atoms with Crippen molar-refractivity contribution in [1.82, 2.24) is 0 Å². The Morgan fingerprint density at radius 3 is 2.80 bits per heavy atom. The van der Waals surface area contributed by atoms with E-state index in [-0.39, 0.29) is 6.61 Å². The van der Waals surface area contributed by atoms with E-state index in [1.807, 2.05) is 4.58 Å². The molecule has 0 bridgehead atoms. The fourth-order valence-electron chi connectivity index (χ4n) is 1.94. The van der Waals surface area contributed by atoms with E-state index in [0.29, 0.717) is 31.2 Å². The van der Waals surface area contributed by atoms with Gasteiger partial charge < -0.3 is 9.84 Å². The third-order valence-electron chi connectivity index (χ3n) is 2.93. The summed E-state index contributed by atoms with van der Waals surface area (Å²) in [6.45, 7) is 1.64. The molecule has 1 N–H and O–H groups in total. The molecule has 1 heterocycles. The molecule has 0 fully saturated rings. The SMILES string of the molecule is OCC[N+]1=C(/C=C/c2cccc(C(F)(F)F)c2)OCC1. The number of ether oxygens (including phenoxy) is 1. The highest BCUT2D eigenvalue weighted by molar-refractivity contribution is 5.88. The normalized spacial score (nSPS) is 16.0. The fraction of sp³-hybridized carbons (Fsp3) is 0.357. The summed E-state index contributed by atoms with van der Waals surface area (Å²) < 4.78 is 44.9. The molecule has 0 atom stereocenters. The molecule has 1 aliphatic heterocycles. The van der Waals surface area contributed by atoms with E-state index in [9.17, 15) is 13.2 Å². The topological polar surface area (TPSA) is 32.5 Å². The van der Waals surface area contributed by atoms with Crippen LogP contribution in [0, 0.1) is 0 Å². The molecule has 6 heteroatoms. The number of β-amino-alcohol motifs (C(OH)–C–C–N with tert-alkyl or cyclic N) is 1. The van der Waals surface area contributed by atoms with Gasteiger partial charge in [0.15, 0.2) is 19.7 Å². The number of aliphatic hydroxyl groups excluding tert-OH is 1. The molecule has 0 aliphatic carbocycles. The molecule has 2 rings (SSSR count). The summed E-state index contributed by atoms with van der Waals surface area (Å²) in [5.74, 6) is 0.566. The minimum absolute atomic E-state index is 0.00423. The van der Waals surface area contributed by atoms with Crippen LogP contribution in [0.15, 0.2) is 30.3 Å². The first-order valence-electron chi connectivity index (χ1n) is 6.21. The standard InChI is InChI=1S/C14H15F3NO2/c15-14(16,17)12-3-1-2-11(10-12)4-5-13-18(6-8-19)7-9-20-13/h1-5,10,19H,6-9H2/q+1/b5-4+. The van der Waals surface area contributed by atoms with Gasteiger partial charge in [-0.2, -0.15) is 17.7 Å². The highest BCUT2D eigenvalue weighted by Crippen LogP contribution is 2.29. The largest absolute Gasteiger partial charge is 0.438 e. The molecule has 1 aromatic rings. The van der Waals surface area contributed by atoms with Crippen LogP contribution in [0.2, 0.25) is 0 Å². The molecule has 108 valence electrons. The summed E-state index contributed by atoms with van der Waals surface area (Å²) in [6.07, 6.45) is -1.15. The van der Waals surface area contributed by atoms with Crippen molar-refractivity contribution in [2.45, 2.75) is 6.18 Å². The van der Waals surface area contributed by atoms with Crippen molar-refractivity contribution < 1.29 is 27.6 Å². The maximum Gasteiger partial charge on any atom is 0.416 e. The second-order valence-corrected chi connectivity index (χ2v) is 4.35. The second-order valence-electron chi connectivity index (χ2n) is 4.35. The van der Waals surface area contributed by atoms with E-state index < -0.39 is 11.7 Å². The molecule has 1 aliphatic rings. The maximum atomic E-state index is 12.6. The van der Waals surface area contributed by atoms with Crippen molar-refractivity contribution in [2.24, 2.45) is 0 Å². The fourth-order valence-corrected chi connectivity index (χ4v) is 1.94. The second kappa shape index (κ2) is 6.09. The van der Waals surface area contributed by atoms with Crippen LogP contribution in [0.25, 0.3) is 6.08 Å². The van der Waals surface area contributed by atoms with E-state index in [0.717, 1.165) is 12.1 Å². The number of aliphatic hydroxyl groups is 1. The summed E-state index contributed by atoms with van der Waals surface area (Å²) in [6, 6.07) is 5.09. The highest BCUT2D eigenvalue weighted by atomic mass is 19.4. The molecule has 1 aromatic carbocycles. The number of alkyl halides is 3. The Hall–Kier alpha value is -1.82. The van der Waals surface area contributed by atoms with Crippen LogP contribution < -0.4 is 0 Å². The van der Waals surface area contributed by atoms with E-state index in [1.54, 1.807) is 18.2 Å². The van der Waals surface area contributed by atoms with E-state index in [4.69, 9.17) is 9.84 Å². The van der Waals surface area contributed by atoms with Crippen LogP contribution in [-0.2, 0) is 10.9 Å². The number of benzene rings is 1. The van der Waals surface area contributed by atoms with Crippen molar-refractivity contribution in [1.29, 1.82) is 0 Å². The van der Waals surface area contributed by atoms with Gasteiger partial charge in [-0.05, 0) is 23.8 Å². The molecular formula is C14H15F3NO2+. The van der Waals surface area contributed by atoms with Crippen molar-refractivity contribution >= 4 is 12.0 Å². The third-order valence-corrected chi connectivity index (χ3v) is 2.93. The lowest BCUT2D eigenvalue weighted by molar-refractivity contribution is -0.519. The average molecular weight is 286 g/mol. The van der Waals surface area contributed by atoms with Gasteiger partial charge in [0.1, 0.15) is 6.61 Å². The third kappa shape index (κ3) is 3.60. The van der Waals surface area contributed by atoms with Crippen molar-refractivity contribution in [2.75, 3.05) is 26.3 Å². The van der Waals surface area contributed by atoms with Gasteiger partial charge in [0.2, 0.25) is 0 Å². The molecule has 0 saturated heterocycles.